The molecule has 0 aliphatic carbocycles. The van der Waals surface area contributed by atoms with Crippen LogP contribution in [-0.4, -0.2) is 54.7 Å². The molecule has 0 saturated carbocycles. The van der Waals surface area contributed by atoms with Gasteiger partial charge in [-0.2, -0.15) is 0 Å². The smallest absolute Gasteiger partial charge is 0.309 e. The fraction of sp³-hybridized carbons (Fsp3) is 0.410. The Balaban J connectivity index is 1.67. The molecule has 3 aromatic carbocycles. The van der Waals surface area contributed by atoms with Crippen LogP contribution in [0.1, 0.15) is 76.1 Å². The number of rotatable bonds is 4. The van der Waals surface area contributed by atoms with Gasteiger partial charge in [0.2, 0.25) is 0 Å². The van der Waals surface area contributed by atoms with Gasteiger partial charge >= 0.3 is 5.97 Å². The minimum Gasteiger partial charge on any atom is -0.481 e. The van der Waals surface area contributed by atoms with Crippen LogP contribution in [0.5, 0.6) is 0 Å². The topological polar surface area (TPSA) is 138 Å². The van der Waals surface area contributed by atoms with Crippen molar-refractivity contribution in [3.63, 3.8) is 0 Å². The standard InChI is InChI=1S/C39H45F3N4O4S2/c1-37(2)15-8-16-39(5,24-10-7-9-23(19-24)21-38(3,4)36(47)48)35(43)46-34(44-6)28-20-25(11-12-29(28)40)51-33-27(14-18-52(49,50)22-37)26-13-17-45-32(26)30(41)31(33)42/h7,9-13,17,19-20,45H,8,14-16,18,21-22H2,1-6H3,(H,47,48)(H2,43,44,46)/t39-/m1/s1. The van der Waals surface area contributed by atoms with Crippen molar-refractivity contribution in [1.29, 1.82) is 0 Å². The number of nitrogens with two attached hydrogens (primary N) is 1. The van der Waals surface area contributed by atoms with Gasteiger partial charge in [0, 0.05) is 28.9 Å². The van der Waals surface area contributed by atoms with E-state index in [0.717, 1.165) is 22.9 Å². The van der Waals surface area contributed by atoms with Gasteiger partial charge in [-0.3, -0.25) is 9.79 Å². The Kier molecular flexibility index (Phi) is 11.1. The second-order valence-corrected chi connectivity index (χ2v) is 18.5. The molecule has 0 unspecified atom stereocenters. The van der Waals surface area contributed by atoms with E-state index in [1.165, 1.54) is 31.4 Å². The number of hydrogen-bond acceptors (Lipinski definition) is 6. The zero-order valence-electron chi connectivity index (χ0n) is 30.2. The van der Waals surface area contributed by atoms with E-state index in [4.69, 9.17) is 10.7 Å². The number of carboxylic acids is 1. The van der Waals surface area contributed by atoms with Gasteiger partial charge in [0.05, 0.1) is 32.9 Å². The number of benzene rings is 3. The Labute approximate surface area is 307 Å². The lowest BCUT2D eigenvalue weighted by atomic mass is 9.74. The normalized spacial score (nSPS) is 20.9. The minimum absolute atomic E-state index is 0.00709. The second kappa shape index (κ2) is 14.7. The number of aromatic amines is 1. The van der Waals surface area contributed by atoms with E-state index < -0.39 is 49.5 Å². The molecule has 13 heteroatoms. The molecule has 1 aliphatic rings. The number of nitrogens with one attached hydrogen (secondary N) is 1. The van der Waals surface area contributed by atoms with Gasteiger partial charge in [-0.15, -0.1) is 0 Å². The number of amidine groups is 2. The molecule has 278 valence electrons. The SMILES string of the molecule is CN=C1N=C(N)[C@@](C)(c2cccc(CC(C)(C)C(=O)O)c2)CCCC(C)(C)CS(=O)(=O)CCc2c(c(F)c(F)c3[nH]ccc23)Sc2ccc(F)c1c2. The fourth-order valence-electron chi connectivity index (χ4n) is 6.89. The molecule has 8 nitrogen and oxygen atoms in total. The molecule has 1 atom stereocenters. The largest absolute Gasteiger partial charge is 0.481 e. The molecule has 0 saturated heterocycles. The quantitative estimate of drug-likeness (QED) is 0.192. The predicted octanol–water partition coefficient (Wildman–Crippen LogP) is 8.25. The van der Waals surface area contributed by atoms with E-state index in [1.807, 2.05) is 45.0 Å². The summed E-state index contributed by atoms with van der Waals surface area (Å²) in [5.41, 5.74) is 6.03. The van der Waals surface area contributed by atoms with Crippen LogP contribution in [0.25, 0.3) is 10.9 Å². The monoisotopic (exact) mass is 754 g/mol. The molecule has 0 radical (unpaired) electrons. The molecular formula is C39H45F3N4O4S2. The predicted molar refractivity (Wildman–Crippen MR) is 202 cm³/mol. The van der Waals surface area contributed by atoms with Crippen molar-refractivity contribution in [1.82, 2.24) is 4.98 Å². The molecule has 0 amide bonds. The number of fused-ring (bicyclic) bond motifs is 5. The number of carbonyl (C=O) groups is 1. The zero-order valence-corrected chi connectivity index (χ0v) is 31.9. The van der Waals surface area contributed by atoms with E-state index in [-0.39, 0.29) is 52.0 Å². The highest BCUT2D eigenvalue weighted by Crippen LogP contribution is 2.41. The molecule has 2 bridgehead atoms. The summed E-state index contributed by atoms with van der Waals surface area (Å²) in [6.45, 7) is 8.98. The maximum Gasteiger partial charge on any atom is 0.309 e. The van der Waals surface area contributed by atoms with E-state index in [9.17, 15) is 18.3 Å². The van der Waals surface area contributed by atoms with E-state index >= 15 is 13.2 Å². The third-order valence-corrected chi connectivity index (χ3v) is 13.1. The third kappa shape index (κ3) is 8.25. The van der Waals surface area contributed by atoms with E-state index in [1.54, 1.807) is 19.9 Å². The molecule has 1 aliphatic heterocycles. The molecule has 0 spiro atoms. The average Bonchev–Trinajstić information content (AvgIpc) is 3.55. The van der Waals surface area contributed by atoms with Crippen molar-refractivity contribution in [2.45, 2.75) is 81.9 Å². The van der Waals surface area contributed by atoms with Crippen molar-refractivity contribution in [3.05, 3.63) is 94.4 Å². The lowest BCUT2D eigenvalue weighted by Gasteiger charge is -2.33. The summed E-state index contributed by atoms with van der Waals surface area (Å²) in [4.78, 5) is 23.9. The highest BCUT2D eigenvalue weighted by Gasteiger charge is 2.35. The number of H-pyrrole nitrogens is 1. The highest BCUT2D eigenvalue weighted by molar-refractivity contribution is 7.99. The summed E-state index contributed by atoms with van der Waals surface area (Å²) in [7, 11) is -2.22. The number of carboxylic acid groups (broad SMARTS) is 1. The van der Waals surface area contributed by atoms with E-state index in [0.29, 0.717) is 35.1 Å². The number of aryl methyl sites for hydroxylation is 1. The number of hydrogen-bond donors (Lipinski definition) is 3. The maximum atomic E-state index is 15.8. The Morgan fingerprint density at radius 3 is 2.50 bits per heavy atom. The zero-order chi connectivity index (χ0) is 38.2. The Morgan fingerprint density at radius 1 is 1.08 bits per heavy atom. The summed E-state index contributed by atoms with van der Waals surface area (Å²) in [6.07, 6.45) is 3.16. The first-order chi connectivity index (χ1) is 24.3. The lowest BCUT2D eigenvalue weighted by Crippen LogP contribution is -2.40. The van der Waals surface area contributed by atoms with Crippen LogP contribution in [0.2, 0.25) is 0 Å². The Hall–Kier alpha value is -4.10. The van der Waals surface area contributed by atoms with Gasteiger partial charge in [0.25, 0.3) is 0 Å². The van der Waals surface area contributed by atoms with Gasteiger partial charge in [0.1, 0.15) is 11.7 Å². The molecule has 52 heavy (non-hydrogen) atoms. The first-order valence-electron chi connectivity index (χ1n) is 17.1. The van der Waals surface area contributed by atoms with Gasteiger partial charge in [0.15, 0.2) is 27.3 Å². The number of halogens is 3. The average molecular weight is 755 g/mol. The summed E-state index contributed by atoms with van der Waals surface area (Å²) in [5, 5.41) is 10.1. The minimum atomic E-state index is -3.68. The van der Waals surface area contributed by atoms with Crippen molar-refractivity contribution in [2.24, 2.45) is 26.5 Å². The van der Waals surface area contributed by atoms with Crippen molar-refractivity contribution >= 4 is 50.1 Å². The number of sulfone groups is 1. The van der Waals surface area contributed by atoms with Crippen LogP contribution in [0.3, 0.4) is 0 Å². The molecule has 0 fully saturated rings. The molecular weight excluding hydrogens is 710 g/mol. The number of aliphatic imine (C=N–C) groups is 2. The van der Waals surface area contributed by atoms with Crippen LogP contribution in [0.4, 0.5) is 13.2 Å². The van der Waals surface area contributed by atoms with Crippen LogP contribution >= 0.6 is 11.8 Å². The molecule has 4 N–H and O–H groups in total. The Morgan fingerprint density at radius 2 is 1.81 bits per heavy atom. The number of aliphatic carboxylic acids is 1. The van der Waals surface area contributed by atoms with Gasteiger partial charge < -0.3 is 15.8 Å². The van der Waals surface area contributed by atoms with Crippen LogP contribution in [0, 0.1) is 28.3 Å². The highest BCUT2D eigenvalue weighted by atomic mass is 32.2. The summed E-state index contributed by atoms with van der Waals surface area (Å²) in [6, 6.07) is 13.1. The second-order valence-electron chi connectivity index (χ2n) is 15.2. The van der Waals surface area contributed by atoms with E-state index in [2.05, 4.69) is 9.98 Å². The molecule has 1 aromatic heterocycles. The van der Waals surface area contributed by atoms with Crippen molar-refractivity contribution < 1.29 is 31.5 Å². The first kappa shape index (κ1) is 39.1. The molecule has 2 heterocycles. The Bertz CT molecular complexity index is 2190. The molecule has 4 aromatic rings. The van der Waals surface area contributed by atoms with Crippen molar-refractivity contribution in [2.75, 3.05) is 18.6 Å². The summed E-state index contributed by atoms with van der Waals surface area (Å²) < 4.78 is 74.0. The third-order valence-electron chi connectivity index (χ3n) is 9.95. The van der Waals surface area contributed by atoms with Crippen molar-refractivity contribution in [3.8, 4) is 0 Å². The van der Waals surface area contributed by atoms with Gasteiger partial charge in [-0.05, 0) is 92.8 Å². The van der Waals surface area contributed by atoms with Gasteiger partial charge in [-0.1, -0.05) is 56.3 Å². The summed E-state index contributed by atoms with van der Waals surface area (Å²) in [5.74, 6) is -4.11. The van der Waals surface area contributed by atoms with Crippen LogP contribution in [-0.2, 0) is 32.9 Å². The van der Waals surface area contributed by atoms with Crippen LogP contribution < -0.4 is 5.73 Å². The first-order valence-corrected chi connectivity index (χ1v) is 19.7. The van der Waals surface area contributed by atoms with Gasteiger partial charge in [-0.25, -0.2) is 26.6 Å². The number of aromatic nitrogens is 1. The van der Waals surface area contributed by atoms with Crippen LogP contribution in [0.15, 0.2) is 74.5 Å². The number of nitrogens with zero attached hydrogens (tertiary/aromatic N) is 2. The fourth-order valence-corrected chi connectivity index (χ4v) is 9.95. The molecule has 5 rings (SSSR count). The lowest BCUT2D eigenvalue weighted by molar-refractivity contribution is -0.146. The summed E-state index contributed by atoms with van der Waals surface area (Å²) >= 11 is 0.866. The maximum absolute atomic E-state index is 15.8.